The Hall–Kier alpha value is -4.37. The molecule has 0 saturated heterocycles. The van der Waals surface area contributed by atoms with Crippen molar-refractivity contribution in [1.29, 1.82) is 0 Å². The fourth-order valence-electron chi connectivity index (χ4n) is 4.88. The number of amides is 1. The minimum atomic E-state index is -0.891. The number of hydrogen-bond acceptors (Lipinski definition) is 5. The Kier molecular flexibility index (Phi) is 10.6. The third kappa shape index (κ3) is 7.67. The fourth-order valence-corrected chi connectivity index (χ4v) is 5.17. The molecule has 1 atom stereocenters. The standard InChI is InChI=1S/C32H35ClN4O5/c1-3-4-12-28-35-30(33)25(17-18-29(38)39)37(28)21-23-13-15-24(16-14-23)34-31(40)27(20-22-9-6-5-7-10-22)36-19-8-11-26(36)32(41)42-2/h5-11,13-16,19,27H,3-4,12,17-18,20-21H2,1-2H3,(H,34,40)(H,38,39)/t27-/m0/s1. The van der Waals surface area contributed by atoms with E-state index >= 15 is 0 Å². The number of aromatic nitrogens is 3. The van der Waals surface area contributed by atoms with Crippen LogP contribution in [0.4, 0.5) is 5.69 Å². The van der Waals surface area contributed by atoms with E-state index in [1.165, 1.54) is 7.11 Å². The van der Waals surface area contributed by atoms with Crippen LogP contribution in [0, 0.1) is 0 Å². The molecule has 10 heteroatoms. The minimum absolute atomic E-state index is 0.0349. The summed E-state index contributed by atoms with van der Waals surface area (Å²) in [6.07, 6.45) is 5.03. The normalized spacial score (nSPS) is 11.7. The van der Waals surface area contributed by atoms with E-state index in [1.54, 1.807) is 22.9 Å². The number of nitrogens with zero attached hydrogens (tertiary/aromatic N) is 3. The molecule has 0 radical (unpaired) electrons. The number of carboxylic acid groups (broad SMARTS) is 1. The predicted octanol–water partition coefficient (Wildman–Crippen LogP) is 5.96. The molecule has 0 unspecified atom stereocenters. The topological polar surface area (TPSA) is 115 Å². The SMILES string of the molecule is CCCCc1nc(Cl)c(CCC(=O)O)n1Cc1ccc(NC(=O)[C@H](Cc2ccccc2)n2cccc2C(=O)OC)cc1. The van der Waals surface area contributed by atoms with Crippen molar-refractivity contribution < 1.29 is 24.2 Å². The minimum Gasteiger partial charge on any atom is -0.481 e. The van der Waals surface area contributed by atoms with Crippen molar-refractivity contribution in [2.45, 2.75) is 58.0 Å². The number of carbonyl (C=O) groups excluding carboxylic acids is 2. The van der Waals surface area contributed by atoms with Gasteiger partial charge in [-0.15, -0.1) is 0 Å². The number of carbonyl (C=O) groups is 3. The molecule has 0 aliphatic rings. The highest BCUT2D eigenvalue weighted by molar-refractivity contribution is 6.30. The van der Waals surface area contributed by atoms with Gasteiger partial charge in [0, 0.05) is 37.7 Å². The first-order valence-electron chi connectivity index (χ1n) is 13.9. The van der Waals surface area contributed by atoms with Crippen LogP contribution in [0.25, 0.3) is 0 Å². The number of ether oxygens (including phenoxy) is 1. The van der Waals surface area contributed by atoms with Crippen molar-refractivity contribution in [3.8, 4) is 0 Å². The van der Waals surface area contributed by atoms with Gasteiger partial charge < -0.3 is 24.3 Å². The van der Waals surface area contributed by atoms with E-state index in [0.29, 0.717) is 35.2 Å². The summed E-state index contributed by atoms with van der Waals surface area (Å²) in [4.78, 5) is 41.7. The number of methoxy groups -OCH3 is 1. The van der Waals surface area contributed by atoms with Gasteiger partial charge in [0.25, 0.3) is 0 Å². The summed E-state index contributed by atoms with van der Waals surface area (Å²) in [6.45, 7) is 2.58. The molecule has 4 aromatic rings. The van der Waals surface area contributed by atoms with E-state index in [2.05, 4.69) is 17.2 Å². The molecule has 2 heterocycles. The van der Waals surface area contributed by atoms with Gasteiger partial charge in [-0.25, -0.2) is 9.78 Å². The molecule has 2 aromatic carbocycles. The van der Waals surface area contributed by atoms with Gasteiger partial charge in [-0.05, 0) is 41.8 Å². The monoisotopic (exact) mass is 590 g/mol. The number of unbranched alkanes of at least 4 members (excludes halogenated alkanes) is 1. The smallest absolute Gasteiger partial charge is 0.354 e. The Morgan fingerprint density at radius 1 is 1.00 bits per heavy atom. The third-order valence-corrected chi connectivity index (χ3v) is 7.38. The molecular formula is C32H35ClN4O5. The maximum Gasteiger partial charge on any atom is 0.354 e. The van der Waals surface area contributed by atoms with Crippen molar-refractivity contribution in [2.24, 2.45) is 0 Å². The third-order valence-electron chi connectivity index (χ3n) is 7.08. The van der Waals surface area contributed by atoms with Gasteiger partial charge in [0.05, 0.1) is 19.2 Å². The zero-order chi connectivity index (χ0) is 30.1. The van der Waals surface area contributed by atoms with Gasteiger partial charge in [0.1, 0.15) is 17.6 Å². The number of hydrogen-bond donors (Lipinski definition) is 2. The van der Waals surface area contributed by atoms with Crippen LogP contribution in [-0.2, 0) is 40.1 Å². The molecule has 1 amide bonds. The van der Waals surface area contributed by atoms with Gasteiger partial charge >= 0.3 is 11.9 Å². The summed E-state index contributed by atoms with van der Waals surface area (Å²) in [7, 11) is 1.31. The van der Waals surface area contributed by atoms with Crippen LogP contribution < -0.4 is 5.32 Å². The molecule has 4 rings (SSSR count). The van der Waals surface area contributed by atoms with Crippen LogP contribution in [0.15, 0.2) is 72.9 Å². The number of nitrogens with one attached hydrogen (secondary N) is 1. The molecule has 0 aliphatic carbocycles. The Morgan fingerprint density at radius 2 is 1.74 bits per heavy atom. The molecule has 220 valence electrons. The van der Waals surface area contributed by atoms with Gasteiger partial charge in [0.15, 0.2) is 5.15 Å². The van der Waals surface area contributed by atoms with E-state index in [1.807, 2.05) is 59.2 Å². The largest absolute Gasteiger partial charge is 0.481 e. The molecule has 0 spiro atoms. The number of esters is 1. The average molecular weight is 591 g/mol. The molecule has 2 aromatic heterocycles. The van der Waals surface area contributed by atoms with Crippen LogP contribution in [0.5, 0.6) is 0 Å². The molecule has 2 N–H and O–H groups in total. The summed E-state index contributed by atoms with van der Waals surface area (Å²) in [5.41, 5.74) is 3.51. The number of aryl methyl sites for hydroxylation is 1. The fraction of sp³-hybridized carbons (Fsp3) is 0.312. The summed E-state index contributed by atoms with van der Waals surface area (Å²) in [5.74, 6) is -0.849. The zero-order valence-electron chi connectivity index (χ0n) is 23.8. The first kappa shape index (κ1) is 30.6. The van der Waals surface area contributed by atoms with Crippen molar-refractivity contribution in [3.05, 3.63) is 106 Å². The Balaban J connectivity index is 1.54. The number of rotatable bonds is 14. The first-order valence-corrected chi connectivity index (χ1v) is 14.3. The first-order chi connectivity index (χ1) is 20.3. The second kappa shape index (κ2) is 14.5. The second-order valence-electron chi connectivity index (χ2n) is 10.0. The van der Waals surface area contributed by atoms with Gasteiger partial charge in [-0.1, -0.05) is 67.4 Å². The average Bonchev–Trinajstić information content (AvgIpc) is 3.59. The van der Waals surface area contributed by atoms with Crippen LogP contribution in [0.1, 0.15) is 65.4 Å². The zero-order valence-corrected chi connectivity index (χ0v) is 24.5. The van der Waals surface area contributed by atoms with E-state index in [-0.39, 0.29) is 18.7 Å². The summed E-state index contributed by atoms with van der Waals surface area (Å²) >= 11 is 6.43. The van der Waals surface area contributed by atoms with E-state index < -0.39 is 18.0 Å². The highest BCUT2D eigenvalue weighted by atomic mass is 35.5. The molecule has 0 aliphatic heterocycles. The summed E-state index contributed by atoms with van der Waals surface area (Å²) in [5, 5.41) is 12.5. The van der Waals surface area contributed by atoms with Crippen molar-refractivity contribution in [1.82, 2.24) is 14.1 Å². The maximum absolute atomic E-state index is 13.6. The van der Waals surface area contributed by atoms with Crippen LogP contribution in [0.2, 0.25) is 5.15 Å². The summed E-state index contributed by atoms with van der Waals surface area (Å²) in [6, 6.07) is 19.7. The molecule has 9 nitrogen and oxygen atoms in total. The van der Waals surface area contributed by atoms with Crippen molar-refractivity contribution >= 4 is 35.1 Å². The van der Waals surface area contributed by atoms with Gasteiger partial charge in [0.2, 0.25) is 5.91 Å². The Bertz CT molecular complexity index is 1510. The number of halogens is 1. The molecule has 0 fully saturated rings. The molecule has 0 saturated carbocycles. The Morgan fingerprint density at radius 3 is 2.40 bits per heavy atom. The predicted molar refractivity (Wildman–Crippen MR) is 161 cm³/mol. The van der Waals surface area contributed by atoms with E-state index in [4.69, 9.17) is 16.3 Å². The number of carboxylic acids is 1. The van der Waals surface area contributed by atoms with Crippen LogP contribution >= 0.6 is 11.6 Å². The number of benzene rings is 2. The van der Waals surface area contributed by atoms with Gasteiger partial charge in [-0.2, -0.15) is 0 Å². The highest BCUT2D eigenvalue weighted by Crippen LogP contribution is 2.24. The number of imidazole rings is 1. The highest BCUT2D eigenvalue weighted by Gasteiger charge is 2.25. The Labute approximate surface area is 250 Å². The van der Waals surface area contributed by atoms with E-state index in [9.17, 15) is 19.5 Å². The number of aliphatic carboxylic acids is 1. The summed E-state index contributed by atoms with van der Waals surface area (Å²) < 4.78 is 8.57. The molecule has 0 bridgehead atoms. The van der Waals surface area contributed by atoms with Crippen LogP contribution in [0.3, 0.4) is 0 Å². The van der Waals surface area contributed by atoms with Crippen LogP contribution in [-0.4, -0.2) is 44.2 Å². The molecular weight excluding hydrogens is 556 g/mol. The second-order valence-corrected chi connectivity index (χ2v) is 10.4. The lowest BCUT2D eigenvalue weighted by atomic mass is 10.0. The molecule has 42 heavy (non-hydrogen) atoms. The lowest BCUT2D eigenvalue weighted by Crippen LogP contribution is -2.29. The van der Waals surface area contributed by atoms with Gasteiger partial charge in [-0.3, -0.25) is 9.59 Å². The lowest BCUT2D eigenvalue weighted by Gasteiger charge is -2.21. The van der Waals surface area contributed by atoms with Crippen molar-refractivity contribution in [2.75, 3.05) is 12.4 Å². The lowest BCUT2D eigenvalue weighted by molar-refractivity contribution is -0.137. The van der Waals surface area contributed by atoms with Crippen molar-refractivity contribution in [3.63, 3.8) is 0 Å². The van der Waals surface area contributed by atoms with E-state index in [0.717, 1.165) is 36.2 Å². The quantitative estimate of drug-likeness (QED) is 0.175. The maximum atomic E-state index is 13.6. The number of anilines is 1.